The smallest absolute Gasteiger partial charge is 0.363 e. The van der Waals surface area contributed by atoms with E-state index >= 15 is 0 Å². The number of carbonyl (C=O) groups excluding carboxylic acids is 6. The molecular formula is C72H73FN4O19. The lowest BCUT2D eigenvalue weighted by atomic mass is 9.90. The Morgan fingerprint density at radius 3 is 1.58 bits per heavy atom. The maximum atomic E-state index is 12.9. The van der Waals surface area contributed by atoms with Gasteiger partial charge in [0.25, 0.3) is 17.7 Å². The summed E-state index contributed by atoms with van der Waals surface area (Å²) in [5, 5.41) is 46.8. The van der Waals surface area contributed by atoms with Gasteiger partial charge in [-0.05, 0) is 155 Å². The molecule has 11 rings (SSSR count). The molecule has 0 saturated carbocycles. The van der Waals surface area contributed by atoms with Crippen LogP contribution in [0.4, 0.5) is 4.39 Å². The molecule has 4 aromatic carbocycles. The first-order chi connectivity index (χ1) is 46.8. The van der Waals surface area contributed by atoms with Gasteiger partial charge in [-0.3, -0.25) is 38.0 Å². The first kappa shape index (κ1) is 69.6. The number of alkyl halides is 1. The number of benzene rings is 6. The zero-order valence-electron chi connectivity index (χ0n) is 53.3. The molecule has 8 N–H and O–H groups in total. The van der Waals surface area contributed by atoms with E-state index in [4.69, 9.17) is 30.3 Å². The summed E-state index contributed by atoms with van der Waals surface area (Å²) in [4.78, 5) is 126. The minimum Gasteiger partial charge on any atom is -0.508 e. The summed E-state index contributed by atoms with van der Waals surface area (Å²) in [6.07, 6.45) is 19.9. The number of phenolic OH excluding ortho intramolecular Hbond substituents is 2. The molecule has 2 atom stereocenters. The number of Topliss-reactive ketones (excluding diaryl/α,β-unsaturated/α-hetero) is 1. The van der Waals surface area contributed by atoms with Gasteiger partial charge < -0.3 is 59.9 Å². The molecule has 2 unspecified atom stereocenters. The summed E-state index contributed by atoms with van der Waals surface area (Å²) < 4.78 is 38.5. The monoisotopic (exact) mass is 1320 g/mol. The summed E-state index contributed by atoms with van der Waals surface area (Å²) in [6, 6.07) is 25.2. The second kappa shape index (κ2) is 34.5. The minimum absolute atomic E-state index is 0.0177. The predicted molar refractivity (Wildman–Crippen MR) is 352 cm³/mol. The first-order valence-electron chi connectivity index (χ1n) is 31.9. The summed E-state index contributed by atoms with van der Waals surface area (Å²) >= 11 is 0. The third kappa shape index (κ3) is 18.8. The number of carboxylic acids is 2. The lowest BCUT2D eigenvalue weighted by molar-refractivity contribution is -0.172. The van der Waals surface area contributed by atoms with E-state index < -0.39 is 42.8 Å². The van der Waals surface area contributed by atoms with Crippen molar-refractivity contribution in [2.45, 2.75) is 102 Å². The van der Waals surface area contributed by atoms with E-state index in [0.717, 1.165) is 70.3 Å². The molecule has 0 bridgehead atoms. The number of fused-ring (bicyclic) bond motifs is 4. The number of hydrogen-bond acceptors (Lipinski definition) is 18. The molecule has 3 heterocycles. The number of amides is 4. The van der Waals surface area contributed by atoms with Crippen molar-refractivity contribution in [3.63, 3.8) is 0 Å². The van der Waals surface area contributed by atoms with Crippen molar-refractivity contribution in [3.05, 3.63) is 176 Å². The standard InChI is InChI=1S/C34H33NO8.C25H15NO9.C12H22N2O2.CH3F/c36-22-11-14-27-30(18-22)43-31-19-23(37)12-15-28(31)32(27)26-13-10-21(17-29(26)34(40)41)33(39)35-16-6-7-24(38)20-42-25-8-4-2-1-3-5-9-25;27-13-2-5-16-19(10-13)34-20-11-14(28)3-6-17(20)23(16)15-4-1-12(9-18(15)24(31)32)25(33)35-26-21(29)7-8-22(26)30;13-8-9-14-12(15)10-16-11-6-4-2-1-3-5-7-11;1-2/h1-2,10-15,17-19,25,36H,3-9,16,20H2,(H,35,39)(H,40,41);1-6,9-11,27H,7-8H2,(H,31,32);1-2,11H,3-10,13H2,(H,14,15);1H3/b2-1+;;2-1+;/i;;;1D. The molecule has 4 amide bonds. The van der Waals surface area contributed by atoms with Crippen LogP contribution in [0.15, 0.2) is 152 Å². The maximum Gasteiger partial charge on any atom is 0.363 e. The Kier molecular flexibility index (Phi) is 25.0. The van der Waals surface area contributed by atoms with Crippen LogP contribution in [0.25, 0.3) is 66.8 Å². The highest BCUT2D eigenvalue weighted by Gasteiger charge is 2.34. The third-order valence-corrected chi connectivity index (χ3v) is 15.8. The Bertz CT molecular complexity index is 4300. The van der Waals surface area contributed by atoms with Gasteiger partial charge in [0, 0.05) is 102 Å². The minimum atomic E-state index is -1.36. The van der Waals surface area contributed by atoms with Crippen LogP contribution in [-0.4, -0.2) is 125 Å². The number of nitrogens with two attached hydrogens (primary N) is 1. The van der Waals surface area contributed by atoms with Gasteiger partial charge in [-0.15, -0.1) is 5.06 Å². The number of imide groups is 1. The number of aromatic carboxylic acids is 2. The molecule has 23 nitrogen and oxygen atoms in total. The van der Waals surface area contributed by atoms with Crippen LogP contribution in [0.2, 0.25) is 0 Å². The van der Waals surface area contributed by atoms with Gasteiger partial charge in [0.05, 0.1) is 37.4 Å². The normalized spacial score (nSPS) is 16.1. The molecule has 4 aromatic rings. The van der Waals surface area contributed by atoms with Crippen molar-refractivity contribution in [1.82, 2.24) is 15.7 Å². The lowest BCUT2D eigenvalue weighted by Crippen LogP contribution is -2.33. The van der Waals surface area contributed by atoms with E-state index in [1.165, 1.54) is 78.9 Å². The number of rotatable bonds is 19. The fourth-order valence-electron chi connectivity index (χ4n) is 11.2. The molecule has 1 saturated heterocycles. The predicted octanol–water partition coefficient (Wildman–Crippen LogP) is 10.7. The average Bonchev–Trinajstić information content (AvgIpc) is 0.951. The van der Waals surface area contributed by atoms with Gasteiger partial charge in [0.1, 0.15) is 47.4 Å². The second-order valence-electron chi connectivity index (χ2n) is 22.6. The van der Waals surface area contributed by atoms with Crippen molar-refractivity contribution in [2.24, 2.45) is 5.73 Å². The number of carbonyl (C=O) groups is 8. The topological polar surface area (TPSA) is 359 Å². The van der Waals surface area contributed by atoms with E-state index in [2.05, 4.69) is 34.9 Å². The lowest BCUT2D eigenvalue weighted by Gasteiger charge is -2.18. The molecule has 502 valence electrons. The van der Waals surface area contributed by atoms with Gasteiger partial charge in [0.15, 0.2) is 16.6 Å². The highest BCUT2D eigenvalue weighted by atomic mass is 19.1. The fraction of sp³-hybridized carbons (Fsp3) is 0.306. The fourth-order valence-corrected chi connectivity index (χ4v) is 11.2. The molecule has 96 heavy (non-hydrogen) atoms. The molecule has 0 radical (unpaired) electrons. The van der Waals surface area contributed by atoms with E-state index in [1.807, 2.05) is 0 Å². The summed E-state index contributed by atoms with van der Waals surface area (Å²) in [7, 11) is -1.00. The van der Waals surface area contributed by atoms with E-state index in [1.54, 1.807) is 24.3 Å². The molecule has 24 heteroatoms. The molecular weight excluding hydrogens is 1240 g/mol. The highest BCUT2D eigenvalue weighted by molar-refractivity contribution is 6.11. The molecule has 1 fully saturated rings. The third-order valence-electron chi connectivity index (χ3n) is 15.8. The molecule has 0 spiro atoms. The van der Waals surface area contributed by atoms with Gasteiger partial charge >= 0.3 is 17.9 Å². The SMILES string of the molecule is NCCNC(=O)COC1CC/C=C/CCC1.O=C(CCCNC(=O)c1ccc(-c2c3ccc(=O)cc-3oc3cc(O)ccc23)c(C(=O)O)c1)COC1CC/C=C/CCC1.O=C(ON1C(=O)CCC1=O)c1ccc(-c2c3ccc(=O)cc-3oc3cc(O)ccc23)c(C(=O)O)c1.[2H]CF. The van der Waals surface area contributed by atoms with Crippen molar-refractivity contribution < 1.29 is 87.7 Å². The van der Waals surface area contributed by atoms with Crippen LogP contribution < -0.4 is 27.2 Å². The number of carboxylic acid groups (broad SMARTS) is 2. The Labute approximate surface area is 551 Å². The number of phenols is 2. The maximum absolute atomic E-state index is 12.9. The Balaban J connectivity index is 0.000000199. The van der Waals surface area contributed by atoms with Crippen molar-refractivity contribution in [3.8, 4) is 56.4 Å². The zero-order valence-corrected chi connectivity index (χ0v) is 52.3. The van der Waals surface area contributed by atoms with Crippen molar-refractivity contribution >= 4 is 69.3 Å². The molecule has 7 aliphatic rings. The number of ether oxygens (including phenoxy) is 2. The number of nitrogens with zero attached hydrogens (tertiary/aromatic N) is 1. The number of hydrogen-bond donors (Lipinski definition) is 7. The Morgan fingerprint density at radius 2 is 1.07 bits per heavy atom. The van der Waals surface area contributed by atoms with Crippen LogP contribution in [0.1, 0.15) is 133 Å². The van der Waals surface area contributed by atoms with Crippen LogP contribution >= 0.6 is 0 Å². The number of nitrogens with one attached hydrogen (secondary N) is 2. The molecule has 0 aromatic heterocycles. The van der Waals surface area contributed by atoms with E-state index in [0.29, 0.717) is 63.2 Å². The quantitative estimate of drug-likeness (QED) is 0.0171. The largest absolute Gasteiger partial charge is 0.508 e. The van der Waals surface area contributed by atoms with E-state index in [-0.39, 0.29) is 136 Å². The number of halogens is 1. The van der Waals surface area contributed by atoms with Gasteiger partial charge in [-0.25, -0.2) is 14.4 Å². The summed E-state index contributed by atoms with van der Waals surface area (Å²) in [5.74, 6) is -5.26. The molecule has 4 aliphatic carbocycles. The van der Waals surface area contributed by atoms with Crippen LogP contribution in [0, 0.1) is 0 Å². The first-order valence-corrected chi connectivity index (χ1v) is 31.1. The zero-order chi connectivity index (χ0) is 69.5. The number of ketones is 1. The number of hydroxylamine groups is 2. The van der Waals surface area contributed by atoms with E-state index in [9.17, 15) is 72.8 Å². The van der Waals surface area contributed by atoms with Crippen molar-refractivity contribution in [1.29, 1.82) is 0 Å². The Morgan fingerprint density at radius 1 is 0.594 bits per heavy atom. The van der Waals surface area contributed by atoms with Crippen LogP contribution in [-0.2, 0) is 33.5 Å². The highest BCUT2D eigenvalue weighted by Crippen LogP contribution is 2.44. The van der Waals surface area contributed by atoms with Crippen molar-refractivity contribution in [2.75, 3.05) is 40.0 Å². The molecule has 3 aliphatic heterocycles. The van der Waals surface area contributed by atoms with Crippen LogP contribution in [0.3, 0.4) is 0 Å². The van der Waals surface area contributed by atoms with Crippen LogP contribution in [0.5, 0.6) is 11.5 Å². The Hall–Kier alpha value is -10.7. The van der Waals surface area contributed by atoms with Gasteiger partial charge in [0.2, 0.25) is 5.91 Å². The second-order valence-corrected chi connectivity index (χ2v) is 22.6. The number of aromatic hydroxyl groups is 2. The summed E-state index contributed by atoms with van der Waals surface area (Å²) in [6.45, 7) is 1.47. The van der Waals surface area contributed by atoms with Gasteiger partial charge in [-0.2, -0.15) is 0 Å². The number of allylic oxidation sites excluding steroid dienone is 4. The average molecular weight is 1320 g/mol. The van der Waals surface area contributed by atoms with Gasteiger partial charge in [-0.1, -0.05) is 36.4 Å². The summed E-state index contributed by atoms with van der Waals surface area (Å²) in [5.41, 5.74) is 7.13.